The van der Waals surface area contributed by atoms with Crippen LogP contribution in [0, 0.1) is 0 Å². The van der Waals surface area contributed by atoms with Crippen molar-refractivity contribution >= 4 is 6.29 Å². The largest absolute Gasteiger partial charge is 0.493 e. The maximum Gasteiger partial charge on any atom is 0.320 e. The van der Waals surface area contributed by atoms with Crippen LogP contribution in [0.3, 0.4) is 0 Å². The van der Waals surface area contributed by atoms with Crippen LogP contribution < -0.4 is 9.47 Å². The molecule has 0 atom stereocenters. The minimum atomic E-state index is -2.68. The van der Waals surface area contributed by atoms with E-state index >= 15 is 0 Å². The Bertz CT molecular complexity index is 599. The molecule has 0 spiro atoms. The van der Waals surface area contributed by atoms with Gasteiger partial charge in [0.25, 0.3) is 0 Å². The van der Waals surface area contributed by atoms with Crippen molar-refractivity contribution in [3.8, 4) is 11.5 Å². The fourth-order valence-corrected chi connectivity index (χ4v) is 1.66. The van der Waals surface area contributed by atoms with E-state index in [4.69, 9.17) is 9.47 Å². The van der Waals surface area contributed by atoms with Gasteiger partial charge in [0.1, 0.15) is 12.9 Å². The molecule has 0 saturated carbocycles. The zero-order valence-electron chi connectivity index (χ0n) is 10.6. The van der Waals surface area contributed by atoms with E-state index in [1.807, 2.05) is 0 Å². The van der Waals surface area contributed by atoms with Crippen molar-refractivity contribution in [1.29, 1.82) is 0 Å². The Morgan fingerprint density at radius 3 is 2.85 bits per heavy atom. The van der Waals surface area contributed by atoms with Gasteiger partial charge >= 0.3 is 6.55 Å². The molecule has 7 heteroatoms. The van der Waals surface area contributed by atoms with Crippen LogP contribution in [0.2, 0.25) is 0 Å². The lowest BCUT2D eigenvalue weighted by Crippen LogP contribution is -2.07. The van der Waals surface area contributed by atoms with Crippen molar-refractivity contribution in [3.63, 3.8) is 0 Å². The molecule has 0 unspecified atom stereocenters. The molecule has 2 rings (SSSR count). The van der Waals surface area contributed by atoms with Crippen molar-refractivity contribution in [1.82, 2.24) is 9.55 Å². The Labute approximate surface area is 113 Å². The van der Waals surface area contributed by atoms with Crippen molar-refractivity contribution < 1.29 is 23.0 Å². The molecular formula is C13H12F2N2O3. The number of imidazole rings is 1. The molecule has 106 valence electrons. The minimum Gasteiger partial charge on any atom is -0.493 e. The molecule has 0 bridgehead atoms. The number of ether oxygens (including phenoxy) is 2. The van der Waals surface area contributed by atoms with Gasteiger partial charge < -0.3 is 9.47 Å². The molecule has 5 nitrogen and oxygen atoms in total. The number of rotatable bonds is 6. The quantitative estimate of drug-likeness (QED) is 0.764. The topological polar surface area (TPSA) is 53.4 Å². The maximum absolute atomic E-state index is 12.6. The van der Waals surface area contributed by atoms with Crippen molar-refractivity contribution in [2.45, 2.75) is 13.2 Å². The zero-order valence-corrected chi connectivity index (χ0v) is 10.6. The van der Waals surface area contributed by atoms with E-state index in [1.165, 1.54) is 25.6 Å². The van der Waals surface area contributed by atoms with Crippen LogP contribution in [-0.2, 0) is 6.61 Å². The number of benzene rings is 1. The van der Waals surface area contributed by atoms with E-state index in [0.29, 0.717) is 27.9 Å². The Morgan fingerprint density at radius 2 is 2.20 bits per heavy atom. The standard InChI is InChI=1S/C13H12F2N2O3/c1-19-10-3-2-9(7-18)6-11(10)20-8-12-16-4-5-17(12)13(14)15/h2-7,13H,8H2,1H3. The smallest absolute Gasteiger partial charge is 0.320 e. The number of aldehydes is 1. The van der Waals surface area contributed by atoms with Crippen molar-refractivity contribution in [2.24, 2.45) is 0 Å². The average Bonchev–Trinajstić information content (AvgIpc) is 2.93. The third-order valence-corrected chi connectivity index (χ3v) is 2.64. The summed E-state index contributed by atoms with van der Waals surface area (Å²) in [6.07, 6.45) is 3.10. The summed E-state index contributed by atoms with van der Waals surface area (Å²) in [4.78, 5) is 14.5. The van der Waals surface area contributed by atoms with Crippen LogP contribution >= 0.6 is 0 Å². The predicted molar refractivity (Wildman–Crippen MR) is 66.2 cm³/mol. The summed E-state index contributed by atoms with van der Waals surface area (Å²) in [6.45, 7) is -2.84. The van der Waals surface area contributed by atoms with Crippen molar-refractivity contribution in [2.75, 3.05) is 7.11 Å². The lowest BCUT2D eigenvalue weighted by Gasteiger charge is -2.11. The van der Waals surface area contributed by atoms with E-state index in [0.717, 1.165) is 0 Å². The second-order valence-corrected chi connectivity index (χ2v) is 3.85. The summed E-state index contributed by atoms with van der Waals surface area (Å²) in [5.41, 5.74) is 0.401. The molecule has 1 aromatic heterocycles. The van der Waals surface area contributed by atoms with Crippen LogP contribution in [0.1, 0.15) is 22.7 Å². The first-order valence-corrected chi connectivity index (χ1v) is 5.71. The number of halogens is 2. The Kier molecular flexibility index (Phi) is 4.29. The second kappa shape index (κ2) is 6.14. The van der Waals surface area contributed by atoms with E-state index in [9.17, 15) is 13.6 Å². The highest BCUT2D eigenvalue weighted by Crippen LogP contribution is 2.28. The lowest BCUT2D eigenvalue weighted by atomic mass is 10.2. The molecule has 0 aliphatic heterocycles. The van der Waals surface area contributed by atoms with E-state index in [-0.39, 0.29) is 12.4 Å². The van der Waals surface area contributed by atoms with Gasteiger partial charge in [-0.2, -0.15) is 8.78 Å². The fourth-order valence-electron chi connectivity index (χ4n) is 1.66. The van der Waals surface area contributed by atoms with Gasteiger partial charge in [0, 0.05) is 18.0 Å². The number of nitrogens with zero attached hydrogens (tertiary/aromatic N) is 2. The molecule has 0 fully saturated rings. The molecular weight excluding hydrogens is 270 g/mol. The summed E-state index contributed by atoms with van der Waals surface area (Å²) < 4.78 is 36.5. The fraction of sp³-hybridized carbons (Fsp3) is 0.231. The summed E-state index contributed by atoms with van der Waals surface area (Å²) in [5.74, 6) is 0.783. The van der Waals surface area contributed by atoms with Crippen molar-refractivity contribution in [3.05, 3.63) is 42.0 Å². The third kappa shape index (κ3) is 2.93. The summed E-state index contributed by atoms with van der Waals surface area (Å²) in [6, 6.07) is 4.61. The number of hydrogen-bond donors (Lipinski definition) is 0. The number of methoxy groups -OCH3 is 1. The molecule has 0 saturated heterocycles. The molecule has 0 N–H and O–H groups in total. The molecule has 0 radical (unpaired) electrons. The lowest BCUT2D eigenvalue weighted by molar-refractivity contribution is 0.0631. The van der Waals surface area contributed by atoms with Gasteiger partial charge in [-0.3, -0.25) is 9.36 Å². The summed E-state index contributed by atoms with van der Waals surface area (Å²) >= 11 is 0. The van der Waals surface area contributed by atoms with Gasteiger partial charge in [0.05, 0.1) is 7.11 Å². The Morgan fingerprint density at radius 1 is 1.40 bits per heavy atom. The third-order valence-electron chi connectivity index (χ3n) is 2.64. The highest BCUT2D eigenvalue weighted by Gasteiger charge is 2.13. The maximum atomic E-state index is 12.6. The van der Waals surface area contributed by atoms with Gasteiger partial charge in [0.2, 0.25) is 0 Å². The number of aromatic nitrogens is 2. The summed E-state index contributed by atoms with van der Waals surface area (Å²) in [7, 11) is 1.45. The van der Waals surface area contributed by atoms with Gasteiger partial charge in [-0.05, 0) is 18.2 Å². The Hall–Kier alpha value is -2.44. The number of carbonyl (C=O) groups excluding carboxylic acids is 1. The predicted octanol–water partition coefficient (Wildman–Crippen LogP) is 2.68. The highest BCUT2D eigenvalue weighted by molar-refractivity contribution is 5.76. The van der Waals surface area contributed by atoms with Crippen LogP contribution in [-0.4, -0.2) is 22.9 Å². The van der Waals surface area contributed by atoms with E-state index in [2.05, 4.69) is 4.98 Å². The molecule has 1 aromatic carbocycles. The molecule has 2 aromatic rings. The molecule has 1 heterocycles. The zero-order chi connectivity index (χ0) is 14.5. The first-order valence-electron chi connectivity index (χ1n) is 5.71. The van der Waals surface area contributed by atoms with E-state index < -0.39 is 6.55 Å². The number of hydrogen-bond acceptors (Lipinski definition) is 4. The van der Waals surface area contributed by atoms with Crippen LogP contribution in [0.4, 0.5) is 8.78 Å². The SMILES string of the molecule is COc1ccc(C=O)cc1OCc1nccn1C(F)F. The van der Waals surface area contributed by atoms with Crippen LogP contribution in [0.25, 0.3) is 0 Å². The first kappa shape index (κ1) is 14.0. The second-order valence-electron chi connectivity index (χ2n) is 3.85. The van der Waals surface area contributed by atoms with Gasteiger partial charge in [-0.15, -0.1) is 0 Å². The molecule has 0 amide bonds. The minimum absolute atomic E-state index is 0.0820. The first-order chi connectivity index (χ1) is 9.65. The number of carbonyl (C=O) groups is 1. The normalized spacial score (nSPS) is 10.6. The van der Waals surface area contributed by atoms with Crippen LogP contribution in [0.15, 0.2) is 30.6 Å². The molecule has 0 aliphatic rings. The monoisotopic (exact) mass is 282 g/mol. The summed E-state index contributed by atoms with van der Waals surface area (Å²) in [5, 5.41) is 0. The van der Waals surface area contributed by atoms with E-state index in [1.54, 1.807) is 12.1 Å². The number of alkyl halides is 2. The van der Waals surface area contributed by atoms with Gasteiger partial charge in [-0.1, -0.05) is 0 Å². The average molecular weight is 282 g/mol. The van der Waals surface area contributed by atoms with Gasteiger partial charge in [-0.25, -0.2) is 4.98 Å². The van der Waals surface area contributed by atoms with Crippen LogP contribution in [0.5, 0.6) is 11.5 Å². The Balaban J connectivity index is 2.17. The molecule has 20 heavy (non-hydrogen) atoms. The highest BCUT2D eigenvalue weighted by atomic mass is 19.3. The molecule has 0 aliphatic carbocycles. The van der Waals surface area contributed by atoms with Gasteiger partial charge in [0.15, 0.2) is 17.3 Å².